The third-order valence-electron chi connectivity index (χ3n) is 4.48. The molecule has 0 radical (unpaired) electrons. The van der Waals surface area contributed by atoms with E-state index in [0.29, 0.717) is 19.1 Å². The summed E-state index contributed by atoms with van der Waals surface area (Å²) in [6, 6.07) is 10.2. The number of aromatic nitrogens is 2. The standard InChI is InChI=1S/C21H33N5O.HI/c1-16(2)11-13-27-14-12-23-21(22-5)24-15-20-17(3)25-26(18(20)4)19-9-7-6-8-10-19;/h6-10,16H,11-15H2,1-5H3,(H2,22,23,24);1H. The lowest BCUT2D eigenvalue weighted by atomic mass is 10.1. The molecular weight excluding hydrogens is 465 g/mol. The molecule has 2 rings (SSSR count). The third-order valence-corrected chi connectivity index (χ3v) is 4.48. The molecule has 1 aromatic carbocycles. The number of halogens is 1. The number of para-hydroxylation sites is 1. The van der Waals surface area contributed by atoms with E-state index in [9.17, 15) is 0 Å². The predicted molar refractivity (Wildman–Crippen MR) is 127 cm³/mol. The van der Waals surface area contributed by atoms with Crippen LogP contribution in [0.1, 0.15) is 37.2 Å². The van der Waals surface area contributed by atoms with Gasteiger partial charge < -0.3 is 15.4 Å². The van der Waals surface area contributed by atoms with Crippen LogP contribution in [0.15, 0.2) is 35.3 Å². The highest BCUT2D eigenvalue weighted by molar-refractivity contribution is 14.0. The molecule has 7 heteroatoms. The predicted octanol–water partition coefficient (Wildman–Crippen LogP) is 3.83. The Balaban J connectivity index is 0.00000392. The summed E-state index contributed by atoms with van der Waals surface area (Å²) in [6.07, 6.45) is 1.09. The van der Waals surface area contributed by atoms with Crippen molar-refractivity contribution >= 4 is 29.9 Å². The van der Waals surface area contributed by atoms with Crippen molar-refractivity contribution < 1.29 is 4.74 Å². The van der Waals surface area contributed by atoms with Gasteiger partial charge in [-0.1, -0.05) is 32.0 Å². The topological polar surface area (TPSA) is 63.5 Å². The molecule has 6 nitrogen and oxygen atoms in total. The normalized spacial score (nSPS) is 11.4. The number of benzene rings is 1. The van der Waals surface area contributed by atoms with Gasteiger partial charge in [0.05, 0.1) is 18.0 Å². The Morgan fingerprint density at radius 2 is 1.86 bits per heavy atom. The van der Waals surface area contributed by atoms with Crippen molar-refractivity contribution in [1.29, 1.82) is 0 Å². The Morgan fingerprint density at radius 1 is 1.14 bits per heavy atom. The zero-order chi connectivity index (χ0) is 19.6. The van der Waals surface area contributed by atoms with Crippen molar-refractivity contribution in [3.8, 4) is 5.69 Å². The average molecular weight is 499 g/mol. The van der Waals surface area contributed by atoms with Crippen molar-refractivity contribution in [3.63, 3.8) is 0 Å². The summed E-state index contributed by atoms with van der Waals surface area (Å²) in [5, 5.41) is 11.4. The van der Waals surface area contributed by atoms with E-state index in [1.807, 2.05) is 29.8 Å². The van der Waals surface area contributed by atoms with Crippen molar-refractivity contribution in [3.05, 3.63) is 47.3 Å². The van der Waals surface area contributed by atoms with E-state index in [1.165, 1.54) is 5.56 Å². The van der Waals surface area contributed by atoms with Crippen molar-refractivity contribution in [2.75, 3.05) is 26.8 Å². The zero-order valence-electron chi connectivity index (χ0n) is 17.7. The Bertz CT molecular complexity index is 728. The molecule has 0 aliphatic carbocycles. The quantitative estimate of drug-likeness (QED) is 0.238. The van der Waals surface area contributed by atoms with Crippen LogP contribution >= 0.6 is 24.0 Å². The summed E-state index contributed by atoms with van der Waals surface area (Å²) < 4.78 is 7.63. The number of guanidine groups is 1. The van der Waals surface area contributed by atoms with Gasteiger partial charge in [-0.3, -0.25) is 4.99 Å². The summed E-state index contributed by atoms with van der Waals surface area (Å²) in [4.78, 5) is 4.29. The molecule has 28 heavy (non-hydrogen) atoms. The van der Waals surface area contributed by atoms with Crippen molar-refractivity contribution in [2.45, 2.75) is 40.7 Å². The number of aliphatic imine (C=N–C) groups is 1. The monoisotopic (exact) mass is 499 g/mol. The van der Waals surface area contributed by atoms with E-state index in [0.717, 1.165) is 42.6 Å². The van der Waals surface area contributed by atoms with Gasteiger partial charge in [-0.25, -0.2) is 4.68 Å². The Morgan fingerprint density at radius 3 is 2.50 bits per heavy atom. The van der Waals surface area contributed by atoms with Gasteiger partial charge in [0.2, 0.25) is 0 Å². The molecule has 0 spiro atoms. The maximum atomic E-state index is 5.63. The van der Waals surface area contributed by atoms with Crippen LogP contribution in [0.5, 0.6) is 0 Å². The minimum Gasteiger partial charge on any atom is -0.380 e. The van der Waals surface area contributed by atoms with Crippen LogP contribution in [-0.4, -0.2) is 42.5 Å². The molecule has 0 atom stereocenters. The summed E-state index contributed by atoms with van der Waals surface area (Å²) in [5.41, 5.74) is 4.43. The Kier molecular flexibility index (Phi) is 11.1. The molecular formula is C21H34IN5O. The number of aryl methyl sites for hydroxylation is 1. The second-order valence-electron chi connectivity index (χ2n) is 7.04. The fourth-order valence-electron chi connectivity index (χ4n) is 2.81. The minimum absolute atomic E-state index is 0. The van der Waals surface area contributed by atoms with E-state index >= 15 is 0 Å². The third kappa shape index (κ3) is 7.43. The molecule has 1 aromatic heterocycles. The molecule has 0 aliphatic rings. The van der Waals surface area contributed by atoms with E-state index in [1.54, 1.807) is 7.05 Å². The summed E-state index contributed by atoms with van der Waals surface area (Å²) in [6.45, 7) is 11.5. The maximum absolute atomic E-state index is 5.63. The number of hydrogen-bond donors (Lipinski definition) is 2. The van der Waals surface area contributed by atoms with Crippen LogP contribution < -0.4 is 10.6 Å². The molecule has 0 saturated carbocycles. The minimum atomic E-state index is 0. The average Bonchev–Trinajstić information content (AvgIpc) is 2.95. The summed E-state index contributed by atoms with van der Waals surface area (Å²) in [5.74, 6) is 1.45. The van der Waals surface area contributed by atoms with Gasteiger partial charge in [0.25, 0.3) is 0 Å². The number of hydrogen-bond acceptors (Lipinski definition) is 3. The van der Waals surface area contributed by atoms with Crippen LogP contribution in [0.4, 0.5) is 0 Å². The van der Waals surface area contributed by atoms with Gasteiger partial charge in [0.15, 0.2) is 5.96 Å². The van der Waals surface area contributed by atoms with Gasteiger partial charge in [-0.05, 0) is 38.3 Å². The molecule has 0 amide bonds. The van der Waals surface area contributed by atoms with Gasteiger partial charge in [0, 0.05) is 38.0 Å². The molecule has 0 unspecified atom stereocenters. The molecule has 0 saturated heterocycles. The van der Waals surface area contributed by atoms with E-state index < -0.39 is 0 Å². The number of rotatable bonds is 9. The first-order valence-corrected chi connectivity index (χ1v) is 9.65. The second kappa shape index (κ2) is 12.8. The summed E-state index contributed by atoms with van der Waals surface area (Å²) in [7, 11) is 1.78. The van der Waals surface area contributed by atoms with Crippen LogP contribution in [0.2, 0.25) is 0 Å². The highest BCUT2D eigenvalue weighted by atomic mass is 127. The second-order valence-corrected chi connectivity index (χ2v) is 7.04. The number of nitrogens with zero attached hydrogens (tertiary/aromatic N) is 3. The van der Waals surface area contributed by atoms with E-state index in [4.69, 9.17) is 9.84 Å². The highest BCUT2D eigenvalue weighted by Crippen LogP contribution is 2.17. The van der Waals surface area contributed by atoms with E-state index in [-0.39, 0.29) is 24.0 Å². The van der Waals surface area contributed by atoms with Crippen LogP contribution in [0.3, 0.4) is 0 Å². The fourth-order valence-corrected chi connectivity index (χ4v) is 2.81. The Hall–Kier alpha value is -1.61. The molecule has 0 bridgehead atoms. The van der Waals surface area contributed by atoms with Crippen molar-refractivity contribution in [2.24, 2.45) is 10.9 Å². The summed E-state index contributed by atoms with van der Waals surface area (Å²) >= 11 is 0. The van der Waals surface area contributed by atoms with Crippen LogP contribution in [0, 0.1) is 19.8 Å². The smallest absolute Gasteiger partial charge is 0.191 e. The molecule has 1 heterocycles. The van der Waals surface area contributed by atoms with Gasteiger partial charge >= 0.3 is 0 Å². The number of nitrogens with one attached hydrogen (secondary N) is 2. The number of ether oxygens (including phenoxy) is 1. The largest absolute Gasteiger partial charge is 0.380 e. The lowest BCUT2D eigenvalue weighted by molar-refractivity contribution is 0.128. The van der Waals surface area contributed by atoms with Gasteiger partial charge in [0.1, 0.15) is 0 Å². The first-order valence-electron chi connectivity index (χ1n) is 9.65. The Labute approximate surface area is 186 Å². The first kappa shape index (κ1) is 24.4. The lowest BCUT2D eigenvalue weighted by Crippen LogP contribution is -2.38. The molecule has 2 N–H and O–H groups in total. The van der Waals surface area contributed by atoms with E-state index in [2.05, 4.69) is 48.5 Å². The van der Waals surface area contributed by atoms with Gasteiger partial charge in [-0.15, -0.1) is 24.0 Å². The highest BCUT2D eigenvalue weighted by Gasteiger charge is 2.13. The molecule has 0 aliphatic heterocycles. The molecule has 0 fully saturated rings. The van der Waals surface area contributed by atoms with Crippen LogP contribution in [0.25, 0.3) is 5.69 Å². The molecule has 156 valence electrons. The SMILES string of the molecule is CN=C(NCCOCCC(C)C)NCc1c(C)nn(-c2ccccc2)c1C.I. The fraction of sp³-hybridized carbons (Fsp3) is 0.524. The lowest BCUT2D eigenvalue weighted by Gasteiger charge is -2.13. The maximum Gasteiger partial charge on any atom is 0.191 e. The first-order chi connectivity index (χ1) is 13.0. The zero-order valence-corrected chi connectivity index (χ0v) is 20.0. The van der Waals surface area contributed by atoms with Gasteiger partial charge in [-0.2, -0.15) is 5.10 Å². The molecule has 2 aromatic rings. The van der Waals surface area contributed by atoms with Crippen LogP contribution in [-0.2, 0) is 11.3 Å². The van der Waals surface area contributed by atoms with Crippen molar-refractivity contribution in [1.82, 2.24) is 20.4 Å².